The molecule has 0 bridgehead atoms. The fourth-order valence-electron chi connectivity index (χ4n) is 3.42. The number of anilines is 1. The molecular weight excluding hydrogens is 416 g/mol. The van der Waals surface area contributed by atoms with Crippen LogP contribution >= 0.6 is 0 Å². The molecule has 33 heavy (non-hydrogen) atoms. The molecule has 0 aliphatic heterocycles. The predicted octanol–water partition coefficient (Wildman–Crippen LogP) is 4.42. The number of ether oxygens (including phenoxy) is 1. The van der Waals surface area contributed by atoms with E-state index in [1.165, 1.54) is 0 Å². The maximum Gasteiger partial charge on any atom is 0.325 e. The SMILES string of the molecule is O=C(COC(=O)CNC(=O)c1ccc(-c2ccccc2)cc1)Nc1cccc2ccccc12. The molecule has 0 aliphatic carbocycles. The van der Waals surface area contributed by atoms with Gasteiger partial charge in [0.15, 0.2) is 6.61 Å². The van der Waals surface area contributed by atoms with Gasteiger partial charge in [0.2, 0.25) is 0 Å². The summed E-state index contributed by atoms with van der Waals surface area (Å²) in [6, 6.07) is 30.1. The Kier molecular flexibility index (Phi) is 6.75. The molecule has 0 saturated heterocycles. The number of carbonyl (C=O) groups excluding carboxylic acids is 3. The Labute approximate surface area is 191 Å². The first-order valence-electron chi connectivity index (χ1n) is 10.5. The second-order valence-corrected chi connectivity index (χ2v) is 7.36. The highest BCUT2D eigenvalue weighted by molar-refractivity contribution is 6.03. The van der Waals surface area contributed by atoms with Crippen molar-refractivity contribution in [3.05, 3.63) is 103 Å². The van der Waals surface area contributed by atoms with Crippen LogP contribution in [0.4, 0.5) is 5.69 Å². The molecule has 0 aromatic heterocycles. The minimum Gasteiger partial charge on any atom is -0.454 e. The first kappa shape index (κ1) is 21.8. The molecule has 0 unspecified atom stereocenters. The molecule has 4 aromatic carbocycles. The van der Waals surface area contributed by atoms with Gasteiger partial charge in [-0.3, -0.25) is 14.4 Å². The maximum atomic E-state index is 12.3. The van der Waals surface area contributed by atoms with Crippen LogP contribution in [0.5, 0.6) is 0 Å². The normalized spacial score (nSPS) is 10.4. The van der Waals surface area contributed by atoms with Gasteiger partial charge in [-0.25, -0.2) is 0 Å². The average molecular weight is 438 g/mol. The first-order chi connectivity index (χ1) is 16.1. The van der Waals surface area contributed by atoms with Crippen molar-refractivity contribution in [1.29, 1.82) is 0 Å². The second kappa shape index (κ2) is 10.2. The van der Waals surface area contributed by atoms with Gasteiger partial charge in [-0.05, 0) is 34.7 Å². The van der Waals surface area contributed by atoms with Crippen LogP contribution in [0.15, 0.2) is 97.1 Å². The summed E-state index contributed by atoms with van der Waals surface area (Å²) in [6.45, 7) is -0.773. The van der Waals surface area contributed by atoms with Crippen LogP contribution in [0.3, 0.4) is 0 Å². The molecular formula is C27H22N2O4. The van der Waals surface area contributed by atoms with E-state index in [1.807, 2.05) is 78.9 Å². The molecule has 0 fully saturated rings. The number of esters is 1. The number of carbonyl (C=O) groups is 3. The third kappa shape index (κ3) is 5.62. The first-order valence-corrected chi connectivity index (χ1v) is 10.5. The van der Waals surface area contributed by atoms with Gasteiger partial charge in [-0.2, -0.15) is 0 Å². The lowest BCUT2D eigenvalue weighted by Crippen LogP contribution is -2.32. The molecule has 0 spiro atoms. The Morgan fingerprint density at radius 3 is 2.15 bits per heavy atom. The smallest absolute Gasteiger partial charge is 0.325 e. The lowest BCUT2D eigenvalue weighted by atomic mass is 10.0. The molecule has 2 N–H and O–H groups in total. The Balaban J connectivity index is 1.24. The third-order valence-corrected chi connectivity index (χ3v) is 5.08. The van der Waals surface area contributed by atoms with Crippen molar-refractivity contribution < 1.29 is 19.1 Å². The van der Waals surface area contributed by atoms with E-state index >= 15 is 0 Å². The van der Waals surface area contributed by atoms with Gasteiger partial charge < -0.3 is 15.4 Å². The van der Waals surface area contributed by atoms with E-state index < -0.39 is 24.4 Å². The minimum absolute atomic E-state index is 0.333. The van der Waals surface area contributed by atoms with Crippen molar-refractivity contribution >= 4 is 34.2 Å². The number of nitrogens with one attached hydrogen (secondary N) is 2. The summed E-state index contributed by atoms with van der Waals surface area (Å²) in [5, 5.41) is 7.14. The number of fused-ring (bicyclic) bond motifs is 1. The van der Waals surface area contributed by atoms with E-state index in [4.69, 9.17) is 4.74 Å². The summed E-state index contributed by atoms with van der Waals surface area (Å²) in [4.78, 5) is 36.5. The van der Waals surface area contributed by atoms with Crippen molar-refractivity contribution in [1.82, 2.24) is 5.32 Å². The van der Waals surface area contributed by atoms with E-state index in [0.717, 1.165) is 21.9 Å². The van der Waals surface area contributed by atoms with Crippen LogP contribution in [0.2, 0.25) is 0 Å². The van der Waals surface area contributed by atoms with Crippen molar-refractivity contribution in [2.24, 2.45) is 0 Å². The maximum absolute atomic E-state index is 12.3. The van der Waals surface area contributed by atoms with E-state index in [9.17, 15) is 14.4 Å². The quantitative estimate of drug-likeness (QED) is 0.419. The summed E-state index contributed by atoms with van der Waals surface area (Å²) >= 11 is 0. The standard InChI is InChI=1S/C27H22N2O4/c30-25(29-24-12-6-10-21-9-4-5-11-23(21)24)18-33-26(31)17-28-27(32)22-15-13-20(14-16-22)19-7-2-1-3-8-19/h1-16H,17-18H2,(H,28,32)(H,29,30). The van der Waals surface area contributed by atoms with Crippen LogP contribution in [-0.2, 0) is 14.3 Å². The topological polar surface area (TPSA) is 84.5 Å². The lowest BCUT2D eigenvalue weighted by molar-refractivity contribution is -0.146. The molecule has 0 heterocycles. The third-order valence-electron chi connectivity index (χ3n) is 5.08. The molecule has 6 heteroatoms. The highest BCUT2D eigenvalue weighted by atomic mass is 16.5. The predicted molar refractivity (Wildman–Crippen MR) is 128 cm³/mol. The Hall–Kier alpha value is -4.45. The van der Waals surface area contributed by atoms with Crippen LogP contribution in [0, 0.1) is 0 Å². The minimum atomic E-state index is -0.697. The van der Waals surface area contributed by atoms with E-state index in [0.29, 0.717) is 11.3 Å². The van der Waals surface area contributed by atoms with Gasteiger partial charge >= 0.3 is 5.97 Å². The zero-order valence-corrected chi connectivity index (χ0v) is 17.8. The summed E-state index contributed by atoms with van der Waals surface area (Å²) in [5.74, 6) is -1.55. The summed E-state index contributed by atoms with van der Waals surface area (Å²) < 4.78 is 4.99. The van der Waals surface area contributed by atoms with Gasteiger partial charge in [0.25, 0.3) is 11.8 Å². The highest BCUT2D eigenvalue weighted by Gasteiger charge is 2.12. The van der Waals surface area contributed by atoms with E-state index in [1.54, 1.807) is 18.2 Å². The number of rotatable bonds is 7. The lowest BCUT2D eigenvalue weighted by Gasteiger charge is -2.10. The number of benzene rings is 4. The van der Waals surface area contributed by atoms with Crippen LogP contribution in [0.1, 0.15) is 10.4 Å². The molecule has 0 saturated carbocycles. The number of hydrogen-bond donors (Lipinski definition) is 2. The number of hydrogen-bond acceptors (Lipinski definition) is 4. The van der Waals surface area contributed by atoms with Crippen molar-refractivity contribution in [2.75, 3.05) is 18.5 Å². The molecule has 0 radical (unpaired) electrons. The van der Waals surface area contributed by atoms with Crippen molar-refractivity contribution in [3.8, 4) is 11.1 Å². The van der Waals surface area contributed by atoms with Crippen LogP contribution in [0.25, 0.3) is 21.9 Å². The monoisotopic (exact) mass is 438 g/mol. The fraction of sp³-hybridized carbons (Fsp3) is 0.0741. The van der Waals surface area contributed by atoms with Crippen LogP contribution < -0.4 is 10.6 Å². The Morgan fingerprint density at radius 1 is 0.697 bits per heavy atom. The molecule has 4 aromatic rings. The van der Waals surface area contributed by atoms with Crippen molar-refractivity contribution in [2.45, 2.75) is 0 Å². The van der Waals surface area contributed by atoms with Crippen LogP contribution in [-0.4, -0.2) is 30.9 Å². The fourth-order valence-corrected chi connectivity index (χ4v) is 3.42. The van der Waals surface area contributed by atoms with Gasteiger partial charge in [0, 0.05) is 16.6 Å². The average Bonchev–Trinajstić information content (AvgIpc) is 2.87. The second-order valence-electron chi connectivity index (χ2n) is 7.36. The molecule has 4 rings (SSSR count). The van der Waals surface area contributed by atoms with Gasteiger partial charge in [-0.15, -0.1) is 0 Å². The van der Waals surface area contributed by atoms with Gasteiger partial charge in [0.1, 0.15) is 6.54 Å². The zero-order valence-electron chi connectivity index (χ0n) is 17.8. The molecule has 0 atom stereocenters. The number of amides is 2. The highest BCUT2D eigenvalue weighted by Crippen LogP contribution is 2.23. The largest absolute Gasteiger partial charge is 0.454 e. The van der Waals surface area contributed by atoms with Gasteiger partial charge in [0.05, 0.1) is 0 Å². The molecule has 6 nitrogen and oxygen atoms in total. The summed E-state index contributed by atoms with van der Waals surface area (Å²) in [5.41, 5.74) is 3.11. The van der Waals surface area contributed by atoms with Crippen molar-refractivity contribution in [3.63, 3.8) is 0 Å². The van der Waals surface area contributed by atoms with Gasteiger partial charge in [-0.1, -0.05) is 78.9 Å². The zero-order chi connectivity index (χ0) is 23.0. The van der Waals surface area contributed by atoms with E-state index in [-0.39, 0.29) is 6.54 Å². The molecule has 2 amide bonds. The van der Waals surface area contributed by atoms with E-state index in [2.05, 4.69) is 10.6 Å². The summed E-state index contributed by atoms with van der Waals surface area (Å²) in [6.07, 6.45) is 0. The summed E-state index contributed by atoms with van der Waals surface area (Å²) in [7, 11) is 0. The Morgan fingerprint density at radius 2 is 1.36 bits per heavy atom. The Bertz CT molecular complexity index is 1280. The molecule has 164 valence electrons. The molecule has 0 aliphatic rings.